The second-order valence-electron chi connectivity index (χ2n) is 6.18. The molecule has 0 saturated heterocycles. The summed E-state index contributed by atoms with van der Waals surface area (Å²) in [5.41, 5.74) is 1.39. The van der Waals surface area contributed by atoms with Crippen LogP contribution in [-0.2, 0) is 12.0 Å². The molecule has 0 amide bonds. The van der Waals surface area contributed by atoms with E-state index in [2.05, 4.69) is 37.7 Å². The number of nitrogens with zero attached hydrogens (tertiary/aromatic N) is 2. The van der Waals surface area contributed by atoms with Gasteiger partial charge in [-0.15, -0.1) is 0 Å². The molecule has 2 nitrogen and oxygen atoms in total. The maximum absolute atomic E-state index is 4.69. The third-order valence-electron chi connectivity index (χ3n) is 3.58. The molecule has 1 aromatic rings. The minimum atomic E-state index is 0.178. The monoisotopic (exact) mass is 220 g/mol. The van der Waals surface area contributed by atoms with E-state index in [0.717, 1.165) is 12.5 Å². The molecular weight excluding hydrogens is 196 g/mol. The summed E-state index contributed by atoms with van der Waals surface area (Å²) in [5, 5.41) is 4.69. The fraction of sp³-hybridized carbons (Fsp3) is 0.786. The van der Waals surface area contributed by atoms with Crippen molar-refractivity contribution in [2.45, 2.75) is 64.8 Å². The molecule has 0 atom stereocenters. The predicted molar refractivity (Wildman–Crippen MR) is 67.5 cm³/mol. The van der Waals surface area contributed by atoms with Crippen molar-refractivity contribution in [1.82, 2.24) is 9.78 Å². The van der Waals surface area contributed by atoms with E-state index in [-0.39, 0.29) is 5.41 Å². The third kappa shape index (κ3) is 2.87. The van der Waals surface area contributed by atoms with Crippen molar-refractivity contribution in [3.63, 3.8) is 0 Å². The lowest BCUT2D eigenvalue weighted by Gasteiger charge is -2.21. The average Bonchev–Trinajstić information content (AvgIpc) is 2.67. The van der Waals surface area contributed by atoms with E-state index in [9.17, 15) is 0 Å². The number of aromatic nitrogens is 2. The molecule has 0 aliphatic heterocycles. The third-order valence-corrected chi connectivity index (χ3v) is 3.58. The van der Waals surface area contributed by atoms with Crippen LogP contribution in [0.15, 0.2) is 12.3 Å². The van der Waals surface area contributed by atoms with Crippen LogP contribution in [-0.4, -0.2) is 9.78 Å². The van der Waals surface area contributed by atoms with Crippen molar-refractivity contribution < 1.29 is 0 Å². The van der Waals surface area contributed by atoms with E-state index < -0.39 is 0 Å². The standard InChI is InChI=1S/C14H24N2/c1-14(2,3)13-9-10-16(15-13)11-12-7-5-4-6-8-12/h9-10,12H,4-8,11H2,1-3H3. The van der Waals surface area contributed by atoms with E-state index in [4.69, 9.17) is 5.10 Å². The molecule has 1 fully saturated rings. The van der Waals surface area contributed by atoms with E-state index >= 15 is 0 Å². The van der Waals surface area contributed by atoms with Crippen molar-refractivity contribution in [2.75, 3.05) is 0 Å². The van der Waals surface area contributed by atoms with Crippen LogP contribution in [0, 0.1) is 5.92 Å². The highest BCUT2D eigenvalue weighted by molar-refractivity contribution is 5.10. The van der Waals surface area contributed by atoms with Crippen LogP contribution in [0.1, 0.15) is 58.6 Å². The van der Waals surface area contributed by atoms with E-state index in [0.29, 0.717) is 0 Å². The maximum atomic E-state index is 4.69. The van der Waals surface area contributed by atoms with Crippen LogP contribution < -0.4 is 0 Å². The van der Waals surface area contributed by atoms with Gasteiger partial charge in [0, 0.05) is 18.2 Å². The minimum Gasteiger partial charge on any atom is -0.272 e. The molecule has 16 heavy (non-hydrogen) atoms. The molecule has 1 aliphatic carbocycles. The van der Waals surface area contributed by atoms with Crippen molar-refractivity contribution in [3.05, 3.63) is 18.0 Å². The highest BCUT2D eigenvalue weighted by Crippen LogP contribution is 2.25. The highest BCUT2D eigenvalue weighted by Gasteiger charge is 2.18. The molecule has 0 bridgehead atoms. The number of hydrogen-bond acceptors (Lipinski definition) is 1. The zero-order valence-electron chi connectivity index (χ0n) is 10.9. The summed E-state index contributed by atoms with van der Waals surface area (Å²) in [4.78, 5) is 0. The van der Waals surface area contributed by atoms with Gasteiger partial charge in [0.25, 0.3) is 0 Å². The van der Waals surface area contributed by atoms with Gasteiger partial charge in [-0.3, -0.25) is 4.68 Å². The summed E-state index contributed by atoms with van der Waals surface area (Å²) in [5.74, 6) is 0.862. The molecule has 2 rings (SSSR count). The number of rotatable bonds is 2. The quantitative estimate of drug-likeness (QED) is 0.742. The first-order valence-corrected chi connectivity index (χ1v) is 6.59. The smallest absolute Gasteiger partial charge is 0.0677 e. The summed E-state index contributed by atoms with van der Waals surface area (Å²) in [6.07, 6.45) is 9.20. The maximum Gasteiger partial charge on any atom is 0.0677 e. The Bertz CT molecular complexity index is 327. The number of hydrogen-bond donors (Lipinski definition) is 0. The topological polar surface area (TPSA) is 17.8 Å². The summed E-state index contributed by atoms with van der Waals surface area (Å²) < 4.78 is 2.15. The Kier molecular flexibility index (Phi) is 3.36. The Balaban J connectivity index is 1.97. The van der Waals surface area contributed by atoms with Crippen molar-refractivity contribution in [3.8, 4) is 0 Å². The van der Waals surface area contributed by atoms with Gasteiger partial charge in [-0.05, 0) is 24.8 Å². The molecule has 0 spiro atoms. The summed E-state index contributed by atoms with van der Waals surface area (Å²) in [7, 11) is 0. The van der Waals surface area contributed by atoms with Crippen LogP contribution in [0.2, 0.25) is 0 Å². The van der Waals surface area contributed by atoms with Gasteiger partial charge < -0.3 is 0 Å². The summed E-state index contributed by atoms with van der Waals surface area (Å²) >= 11 is 0. The largest absolute Gasteiger partial charge is 0.272 e. The zero-order chi connectivity index (χ0) is 11.6. The first-order valence-electron chi connectivity index (χ1n) is 6.59. The van der Waals surface area contributed by atoms with Crippen LogP contribution in [0.3, 0.4) is 0 Å². The molecule has 2 heteroatoms. The molecule has 1 aliphatic rings. The molecule has 1 heterocycles. The van der Waals surface area contributed by atoms with Crippen LogP contribution in [0.25, 0.3) is 0 Å². The first kappa shape index (κ1) is 11.7. The summed E-state index contributed by atoms with van der Waals surface area (Å²) in [6, 6.07) is 2.17. The average molecular weight is 220 g/mol. The summed E-state index contributed by atoms with van der Waals surface area (Å²) in [6.45, 7) is 7.79. The highest BCUT2D eigenvalue weighted by atomic mass is 15.3. The Labute approximate surface area is 99.0 Å². The Morgan fingerprint density at radius 2 is 1.94 bits per heavy atom. The van der Waals surface area contributed by atoms with Gasteiger partial charge in [-0.25, -0.2) is 0 Å². The van der Waals surface area contributed by atoms with Crippen molar-refractivity contribution >= 4 is 0 Å². The lowest BCUT2D eigenvalue weighted by Crippen LogP contribution is -2.17. The van der Waals surface area contributed by atoms with Gasteiger partial charge in [0.2, 0.25) is 0 Å². The first-order chi connectivity index (χ1) is 7.55. The second-order valence-corrected chi connectivity index (χ2v) is 6.18. The zero-order valence-corrected chi connectivity index (χ0v) is 10.9. The van der Waals surface area contributed by atoms with Gasteiger partial charge in [-0.1, -0.05) is 40.0 Å². The SMILES string of the molecule is CC(C)(C)c1ccn(CC2CCCCC2)n1. The second kappa shape index (κ2) is 4.60. The fourth-order valence-corrected chi connectivity index (χ4v) is 2.50. The van der Waals surface area contributed by atoms with E-state index in [1.807, 2.05) is 0 Å². The molecule has 0 unspecified atom stereocenters. The Hall–Kier alpha value is -0.790. The van der Waals surface area contributed by atoms with Gasteiger partial charge in [0.15, 0.2) is 0 Å². The van der Waals surface area contributed by atoms with Crippen LogP contribution >= 0.6 is 0 Å². The van der Waals surface area contributed by atoms with Crippen molar-refractivity contribution in [2.24, 2.45) is 5.92 Å². The Morgan fingerprint density at radius 3 is 2.50 bits per heavy atom. The van der Waals surface area contributed by atoms with Crippen LogP contribution in [0.4, 0.5) is 0 Å². The van der Waals surface area contributed by atoms with Crippen molar-refractivity contribution in [1.29, 1.82) is 0 Å². The van der Waals surface area contributed by atoms with E-state index in [1.54, 1.807) is 0 Å². The molecular formula is C14H24N2. The van der Waals surface area contributed by atoms with Gasteiger partial charge in [0.05, 0.1) is 5.69 Å². The molecule has 0 N–H and O–H groups in total. The Morgan fingerprint density at radius 1 is 1.25 bits per heavy atom. The molecule has 0 radical (unpaired) electrons. The minimum absolute atomic E-state index is 0.178. The van der Waals surface area contributed by atoms with Gasteiger partial charge in [-0.2, -0.15) is 5.10 Å². The molecule has 0 aromatic carbocycles. The van der Waals surface area contributed by atoms with Crippen LogP contribution in [0.5, 0.6) is 0 Å². The van der Waals surface area contributed by atoms with E-state index in [1.165, 1.54) is 37.8 Å². The molecule has 90 valence electrons. The van der Waals surface area contributed by atoms with Gasteiger partial charge >= 0.3 is 0 Å². The van der Waals surface area contributed by atoms with Gasteiger partial charge in [0.1, 0.15) is 0 Å². The predicted octanol–water partition coefficient (Wildman–Crippen LogP) is 3.76. The fourth-order valence-electron chi connectivity index (χ4n) is 2.50. The lowest BCUT2D eigenvalue weighted by atomic mass is 9.89. The molecule has 1 aromatic heterocycles. The normalized spacial score (nSPS) is 18.9. The lowest BCUT2D eigenvalue weighted by molar-refractivity contribution is 0.306. The molecule has 1 saturated carbocycles.